The van der Waals surface area contributed by atoms with Gasteiger partial charge in [-0.05, 0) is 67.6 Å². The standard InChI is InChI=1S/C25H31N3OS/c1-3-16(4-2)24(29)28-25-22(14-26)21-12-11-19(13-23(21)30-25)27-15-18-10-9-17-7-5-6-8-20(17)18/h5-8,16,18-19,27H,3-4,9-13,15H2,1-2H3,(H,28,29). The summed E-state index contributed by atoms with van der Waals surface area (Å²) in [5.74, 6) is 0.666. The summed E-state index contributed by atoms with van der Waals surface area (Å²) in [6.45, 7) is 5.10. The Bertz CT molecular complexity index is 954. The number of benzene rings is 1. The third-order valence-electron chi connectivity index (χ3n) is 6.88. The van der Waals surface area contributed by atoms with E-state index in [1.165, 1.54) is 28.8 Å². The van der Waals surface area contributed by atoms with Crippen LogP contribution in [-0.4, -0.2) is 18.5 Å². The van der Waals surface area contributed by atoms with Gasteiger partial charge in [0.05, 0.1) is 5.56 Å². The van der Waals surface area contributed by atoms with E-state index in [1.807, 2.05) is 13.8 Å². The first kappa shape index (κ1) is 21.1. The number of nitrogens with zero attached hydrogens (tertiary/aromatic N) is 1. The van der Waals surface area contributed by atoms with E-state index >= 15 is 0 Å². The lowest BCUT2D eigenvalue weighted by molar-refractivity contribution is -0.120. The smallest absolute Gasteiger partial charge is 0.228 e. The molecule has 1 aromatic heterocycles. The number of carbonyl (C=O) groups is 1. The number of amides is 1. The largest absolute Gasteiger partial charge is 0.316 e. The zero-order valence-electron chi connectivity index (χ0n) is 18.0. The van der Waals surface area contributed by atoms with Gasteiger partial charge in [-0.25, -0.2) is 0 Å². The van der Waals surface area contributed by atoms with Crippen LogP contribution in [0.4, 0.5) is 5.00 Å². The maximum Gasteiger partial charge on any atom is 0.228 e. The van der Waals surface area contributed by atoms with Gasteiger partial charge in [-0.1, -0.05) is 38.1 Å². The Morgan fingerprint density at radius 2 is 2.03 bits per heavy atom. The van der Waals surface area contributed by atoms with Crippen molar-refractivity contribution in [2.45, 2.75) is 70.8 Å². The summed E-state index contributed by atoms with van der Waals surface area (Å²) >= 11 is 1.61. The molecule has 4 rings (SSSR count). The van der Waals surface area contributed by atoms with Crippen LogP contribution in [0.1, 0.15) is 72.6 Å². The zero-order valence-corrected chi connectivity index (χ0v) is 18.8. The van der Waals surface area contributed by atoms with Gasteiger partial charge in [0.1, 0.15) is 11.1 Å². The van der Waals surface area contributed by atoms with E-state index in [-0.39, 0.29) is 11.8 Å². The number of aryl methyl sites for hydroxylation is 1. The van der Waals surface area contributed by atoms with Crippen molar-refractivity contribution in [3.63, 3.8) is 0 Å². The highest BCUT2D eigenvalue weighted by molar-refractivity contribution is 7.16. The van der Waals surface area contributed by atoms with Gasteiger partial charge in [-0.2, -0.15) is 5.26 Å². The van der Waals surface area contributed by atoms with Gasteiger partial charge in [-0.15, -0.1) is 11.3 Å². The van der Waals surface area contributed by atoms with E-state index in [0.29, 0.717) is 17.5 Å². The molecule has 2 N–H and O–H groups in total. The Morgan fingerprint density at radius 3 is 2.80 bits per heavy atom. The average Bonchev–Trinajstić information content (AvgIpc) is 3.33. The summed E-state index contributed by atoms with van der Waals surface area (Å²) in [6, 6.07) is 11.6. The maximum atomic E-state index is 12.5. The van der Waals surface area contributed by atoms with Crippen LogP contribution in [0.15, 0.2) is 24.3 Å². The molecule has 1 aromatic carbocycles. The van der Waals surface area contributed by atoms with Crippen LogP contribution in [0.3, 0.4) is 0 Å². The molecule has 0 radical (unpaired) electrons. The molecular formula is C25H31N3OS. The molecule has 1 amide bonds. The highest BCUT2D eigenvalue weighted by Crippen LogP contribution is 2.38. The van der Waals surface area contributed by atoms with Crippen molar-refractivity contribution >= 4 is 22.2 Å². The summed E-state index contributed by atoms with van der Waals surface area (Å²) in [6.07, 6.45) is 6.98. The summed E-state index contributed by atoms with van der Waals surface area (Å²) < 4.78 is 0. The summed E-state index contributed by atoms with van der Waals surface area (Å²) in [5.41, 5.74) is 4.87. The lowest BCUT2D eigenvalue weighted by atomic mass is 9.91. The van der Waals surface area contributed by atoms with Crippen LogP contribution < -0.4 is 10.6 Å². The number of nitrogens with one attached hydrogen (secondary N) is 2. The van der Waals surface area contributed by atoms with Crippen molar-refractivity contribution in [2.24, 2.45) is 5.92 Å². The van der Waals surface area contributed by atoms with Crippen molar-refractivity contribution < 1.29 is 4.79 Å². The molecule has 2 unspecified atom stereocenters. The molecular weight excluding hydrogens is 390 g/mol. The van der Waals surface area contributed by atoms with Gasteiger partial charge in [0.2, 0.25) is 5.91 Å². The molecule has 30 heavy (non-hydrogen) atoms. The molecule has 158 valence electrons. The molecule has 2 aliphatic rings. The third-order valence-corrected chi connectivity index (χ3v) is 8.05. The van der Waals surface area contributed by atoms with Crippen LogP contribution in [0.25, 0.3) is 0 Å². The number of anilines is 1. The number of fused-ring (bicyclic) bond motifs is 2. The predicted octanol–water partition coefficient (Wildman–Crippen LogP) is 5.17. The number of nitriles is 1. The van der Waals surface area contributed by atoms with Crippen LogP contribution in [-0.2, 0) is 24.1 Å². The molecule has 1 heterocycles. The van der Waals surface area contributed by atoms with E-state index in [1.54, 1.807) is 11.3 Å². The van der Waals surface area contributed by atoms with E-state index in [4.69, 9.17) is 0 Å². The Balaban J connectivity index is 1.41. The molecule has 0 bridgehead atoms. The first-order valence-electron chi connectivity index (χ1n) is 11.3. The van der Waals surface area contributed by atoms with Crippen molar-refractivity contribution in [3.05, 3.63) is 51.4 Å². The number of carbonyl (C=O) groups excluding carboxylic acids is 1. The fourth-order valence-corrected chi connectivity index (χ4v) is 6.29. The second kappa shape index (κ2) is 9.32. The molecule has 2 aromatic rings. The van der Waals surface area contributed by atoms with Gasteiger partial charge in [0, 0.05) is 23.4 Å². The summed E-state index contributed by atoms with van der Waals surface area (Å²) in [4.78, 5) is 13.8. The molecule has 0 fully saturated rings. The predicted molar refractivity (Wildman–Crippen MR) is 123 cm³/mol. The number of hydrogen-bond donors (Lipinski definition) is 2. The molecule has 4 nitrogen and oxygen atoms in total. The fraction of sp³-hybridized carbons (Fsp3) is 0.520. The monoisotopic (exact) mass is 421 g/mol. The van der Waals surface area contributed by atoms with Crippen LogP contribution in [0, 0.1) is 17.2 Å². The summed E-state index contributed by atoms with van der Waals surface area (Å²) in [7, 11) is 0. The minimum Gasteiger partial charge on any atom is -0.316 e. The second-order valence-corrected chi connectivity index (χ2v) is 9.71. The van der Waals surface area contributed by atoms with E-state index in [0.717, 1.165) is 49.2 Å². The first-order valence-corrected chi connectivity index (χ1v) is 12.1. The minimum absolute atomic E-state index is 0.0133. The number of rotatable bonds is 7. The van der Waals surface area contributed by atoms with Gasteiger partial charge in [-0.3, -0.25) is 4.79 Å². The fourth-order valence-electron chi connectivity index (χ4n) is 5.01. The Hall–Kier alpha value is -2.16. The summed E-state index contributed by atoms with van der Waals surface area (Å²) in [5, 5.41) is 17.3. The zero-order chi connectivity index (χ0) is 21.1. The highest BCUT2D eigenvalue weighted by atomic mass is 32.1. The molecule has 2 aliphatic carbocycles. The molecule has 0 aliphatic heterocycles. The molecule has 0 saturated carbocycles. The molecule has 0 saturated heterocycles. The topological polar surface area (TPSA) is 64.9 Å². The van der Waals surface area contributed by atoms with Crippen molar-refractivity contribution in [2.75, 3.05) is 11.9 Å². The highest BCUT2D eigenvalue weighted by Gasteiger charge is 2.28. The van der Waals surface area contributed by atoms with E-state index in [9.17, 15) is 10.1 Å². The minimum atomic E-state index is 0.0133. The first-order chi connectivity index (χ1) is 14.6. The lowest BCUT2D eigenvalue weighted by Crippen LogP contribution is -2.36. The van der Waals surface area contributed by atoms with Crippen LogP contribution in [0.2, 0.25) is 0 Å². The van der Waals surface area contributed by atoms with E-state index in [2.05, 4.69) is 41.0 Å². The van der Waals surface area contributed by atoms with Gasteiger partial charge in [0.15, 0.2) is 0 Å². The van der Waals surface area contributed by atoms with Crippen molar-refractivity contribution in [1.29, 1.82) is 5.26 Å². The molecule has 2 atom stereocenters. The normalized spacial score (nSPS) is 19.9. The Morgan fingerprint density at radius 1 is 1.23 bits per heavy atom. The second-order valence-electron chi connectivity index (χ2n) is 8.60. The number of hydrogen-bond acceptors (Lipinski definition) is 4. The van der Waals surface area contributed by atoms with Crippen molar-refractivity contribution in [3.8, 4) is 6.07 Å². The Labute approximate surface area is 183 Å². The SMILES string of the molecule is CCC(CC)C(=O)Nc1sc2c(c1C#N)CCC(NCC1CCc3ccccc31)C2. The lowest BCUT2D eigenvalue weighted by Gasteiger charge is -2.25. The van der Waals surface area contributed by atoms with Crippen LogP contribution in [0.5, 0.6) is 0 Å². The Kier molecular flexibility index (Phi) is 6.55. The van der Waals surface area contributed by atoms with Gasteiger partial charge < -0.3 is 10.6 Å². The van der Waals surface area contributed by atoms with Gasteiger partial charge >= 0.3 is 0 Å². The average molecular weight is 422 g/mol. The third kappa shape index (κ3) is 4.17. The number of thiophene rings is 1. The van der Waals surface area contributed by atoms with Crippen LogP contribution >= 0.6 is 11.3 Å². The van der Waals surface area contributed by atoms with Crippen molar-refractivity contribution in [1.82, 2.24) is 5.32 Å². The molecule has 5 heteroatoms. The van der Waals surface area contributed by atoms with Gasteiger partial charge in [0.25, 0.3) is 0 Å². The quantitative estimate of drug-likeness (QED) is 0.648. The molecule has 0 spiro atoms. The maximum absolute atomic E-state index is 12.5. The van der Waals surface area contributed by atoms with E-state index < -0.39 is 0 Å².